The lowest BCUT2D eigenvalue weighted by molar-refractivity contribution is -0.115. The zero-order valence-electron chi connectivity index (χ0n) is 13.7. The second-order valence-corrected chi connectivity index (χ2v) is 8.79. The molecule has 7 heteroatoms. The minimum atomic E-state index is -0.220. The summed E-state index contributed by atoms with van der Waals surface area (Å²) in [5.74, 6) is -0.0796. The van der Waals surface area contributed by atoms with Crippen LogP contribution in [0.1, 0.15) is 12.5 Å². The zero-order chi connectivity index (χ0) is 17.8. The van der Waals surface area contributed by atoms with Crippen LogP contribution in [0.25, 0.3) is 10.6 Å². The van der Waals surface area contributed by atoms with Crippen molar-refractivity contribution < 1.29 is 4.79 Å². The second-order valence-electron chi connectivity index (χ2n) is 5.48. The number of thioether (sulfide) groups is 1. The van der Waals surface area contributed by atoms with E-state index in [9.17, 15) is 4.79 Å². The third-order valence-corrected chi connectivity index (χ3v) is 5.98. The normalized spacial score (nSPS) is 12.0. The summed E-state index contributed by atoms with van der Waals surface area (Å²) >= 11 is 6.30. The van der Waals surface area contributed by atoms with Crippen molar-refractivity contribution in [3.05, 3.63) is 58.6 Å². The van der Waals surface area contributed by atoms with Gasteiger partial charge < -0.3 is 0 Å². The Labute approximate surface area is 163 Å². The number of hydrogen-bond acceptors (Lipinski definition) is 5. The quantitative estimate of drug-likeness (QED) is 0.547. The highest BCUT2D eigenvalue weighted by molar-refractivity contribution is 9.10. The molecule has 1 heterocycles. The molecule has 1 N–H and O–H groups in total. The first-order valence-electron chi connectivity index (χ1n) is 7.65. The molecule has 25 heavy (non-hydrogen) atoms. The molecule has 1 unspecified atom stereocenters. The van der Waals surface area contributed by atoms with Gasteiger partial charge in [-0.1, -0.05) is 57.1 Å². The summed E-state index contributed by atoms with van der Waals surface area (Å²) in [7, 11) is 0. The Morgan fingerprint density at radius 2 is 1.80 bits per heavy atom. The van der Waals surface area contributed by atoms with Crippen LogP contribution in [-0.2, 0) is 4.79 Å². The summed E-state index contributed by atoms with van der Waals surface area (Å²) in [6.07, 6.45) is 0. The zero-order valence-corrected chi connectivity index (χ0v) is 16.9. The van der Waals surface area contributed by atoms with Crippen molar-refractivity contribution >= 4 is 50.1 Å². The van der Waals surface area contributed by atoms with E-state index in [0.717, 1.165) is 19.9 Å². The van der Waals surface area contributed by atoms with Gasteiger partial charge in [0.1, 0.15) is 5.01 Å². The average molecular weight is 434 g/mol. The molecule has 0 saturated heterocycles. The number of benzene rings is 2. The maximum atomic E-state index is 12.4. The third-order valence-electron chi connectivity index (χ3n) is 3.45. The van der Waals surface area contributed by atoms with Crippen molar-refractivity contribution in [3.63, 3.8) is 0 Å². The largest absolute Gasteiger partial charge is 0.300 e. The lowest BCUT2D eigenvalue weighted by Gasteiger charge is -2.10. The smallest absolute Gasteiger partial charge is 0.239 e. The van der Waals surface area contributed by atoms with Crippen molar-refractivity contribution in [2.45, 2.75) is 24.0 Å². The van der Waals surface area contributed by atoms with E-state index in [1.54, 1.807) is 0 Å². The first kappa shape index (κ1) is 18.1. The molecule has 0 aliphatic rings. The summed E-state index contributed by atoms with van der Waals surface area (Å²) < 4.78 is 1.01. The predicted octanol–water partition coefficient (Wildman–Crippen LogP) is 5.40. The number of anilines is 1. The predicted molar refractivity (Wildman–Crippen MR) is 108 cm³/mol. The van der Waals surface area contributed by atoms with Crippen LogP contribution in [0, 0.1) is 6.92 Å². The lowest BCUT2D eigenvalue weighted by Crippen LogP contribution is -2.22. The number of amides is 1. The molecule has 3 rings (SSSR count). The first-order chi connectivity index (χ1) is 12.0. The number of hydrogen-bond donors (Lipinski definition) is 1. The van der Waals surface area contributed by atoms with E-state index in [-0.39, 0.29) is 11.2 Å². The molecule has 0 aliphatic heterocycles. The number of halogens is 1. The fourth-order valence-electron chi connectivity index (χ4n) is 2.06. The summed E-state index contributed by atoms with van der Waals surface area (Å²) in [5.41, 5.74) is 2.18. The van der Waals surface area contributed by atoms with E-state index < -0.39 is 0 Å². The van der Waals surface area contributed by atoms with Gasteiger partial charge in [0.05, 0.1) is 5.25 Å². The molecule has 128 valence electrons. The van der Waals surface area contributed by atoms with Crippen molar-refractivity contribution in [1.82, 2.24) is 10.2 Å². The molecule has 2 aromatic carbocycles. The van der Waals surface area contributed by atoms with Gasteiger partial charge in [-0.05, 0) is 38.1 Å². The van der Waals surface area contributed by atoms with Crippen LogP contribution in [0.3, 0.4) is 0 Å². The third kappa shape index (κ3) is 4.90. The molecule has 0 radical (unpaired) electrons. The number of carbonyl (C=O) groups is 1. The van der Waals surface area contributed by atoms with Crippen LogP contribution in [0.4, 0.5) is 5.13 Å². The van der Waals surface area contributed by atoms with Gasteiger partial charge in [-0.25, -0.2) is 0 Å². The Morgan fingerprint density at radius 1 is 1.12 bits per heavy atom. The van der Waals surface area contributed by atoms with Gasteiger partial charge in [0.15, 0.2) is 0 Å². The van der Waals surface area contributed by atoms with Gasteiger partial charge in [-0.15, -0.1) is 22.0 Å². The Kier molecular flexibility index (Phi) is 5.88. The number of carbonyl (C=O) groups excluding carboxylic acids is 1. The van der Waals surface area contributed by atoms with E-state index in [2.05, 4.69) is 31.4 Å². The van der Waals surface area contributed by atoms with Crippen LogP contribution < -0.4 is 5.32 Å². The van der Waals surface area contributed by atoms with E-state index in [1.165, 1.54) is 28.7 Å². The van der Waals surface area contributed by atoms with Gasteiger partial charge >= 0.3 is 0 Å². The van der Waals surface area contributed by atoms with Crippen molar-refractivity contribution in [2.24, 2.45) is 0 Å². The first-order valence-corrected chi connectivity index (χ1v) is 10.1. The number of aromatic nitrogens is 2. The number of nitrogens with zero attached hydrogens (tertiary/aromatic N) is 2. The Morgan fingerprint density at radius 3 is 2.48 bits per heavy atom. The highest BCUT2D eigenvalue weighted by Gasteiger charge is 2.17. The standard InChI is InChI=1S/C18H16BrN3OS2/c1-11-3-9-15(10-4-11)24-12(2)16(23)20-18-22-21-17(25-18)13-5-7-14(19)8-6-13/h3-10,12H,1-2H3,(H,20,22,23). The number of nitrogens with one attached hydrogen (secondary N) is 1. The Balaban J connectivity index is 1.62. The topological polar surface area (TPSA) is 54.9 Å². The molecule has 1 atom stereocenters. The SMILES string of the molecule is Cc1ccc(SC(C)C(=O)Nc2nnc(-c3ccc(Br)cc3)s2)cc1. The summed E-state index contributed by atoms with van der Waals surface area (Å²) in [6.45, 7) is 3.93. The van der Waals surface area contributed by atoms with E-state index >= 15 is 0 Å². The van der Waals surface area contributed by atoms with Crippen LogP contribution in [0.15, 0.2) is 57.9 Å². The minimum absolute atomic E-state index is 0.0796. The maximum absolute atomic E-state index is 12.4. The van der Waals surface area contributed by atoms with Crippen molar-refractivity contribution in [2.75, 3.05) is 5.32 Å². The van der Waals surface area contributed by atoms with Crippen molar-refractivity contribution in [1.29, 1.82) is 0 Å². The molecule has 0 bridgehead atoms. The monoisotopic (exact) mass is 433 g/mol. The van der Waals surface area contributed by atoms with Gasteiger partial charge in [-0.3, -0.25) is 10.1 Å². The second kappa shape index (κ2) is 8.12. The summed E-state index contributed by atoms with van der Waals surface area (Å²) in [6, 6.07) is 16.0. The fourth-order valence-corrected chi connectivity index (χ4v) is 3.95. The van der Waals surface area contributed by atoms with Crippen LogP contribution in [0.5, 0.6) is 0 Å². The van der Waals surface area contributed by atoms with Gasteiger partial charge in [-0.2, -0.15) is 0 Å². The fraction of sp³-hybridized carbons (Fsp3) is 0.167. The summed E-state index contributed by atoms with van der Waals surface area (Å²) in [4.78, 5) is 13.4. The average Bonchev–Trinajstić information content (AvgIpc) is 3.06. The minimum Gasteiger partial charge on any atom is -0.300 e. The molecule has 0 saturated carbocycles. The van der Waals surface area contributed by atoms with E-state index in [1.807, 2.05) is 62.4 Å². The Bertz CT molecular complexity index is 863. The van der Waals surface area contributed by atoms with Crippen LogP contribution >= 0.6 is 39.0 Å². The van der Waals surface area contributed by atoms with Crippen LogP contribution in [-0.4, -0.2) is 21.4 Å². The van der Waals surface area contributed by atoms with Crippen molar-refractivity contribution in [3.8, 4) is 10.6 Å². The van der Waals surface area contributed by atoms with Gasteiger partial charge in [0, 0.05) is 14.9 Å². The molecule has 3 aromatic rings. The van der Waals surface area contributed by atoms with E-state index in [4.69, 9.17) is 0 Å². The van der Waals surface area contributed by atoms with E-state index in [0.29, 0.717) is 5.13 Å². The lowest BCUT2D eigenvalue weighted by atomic mass is 10.2. The number of rotatable bonds is 5. The highest BCUT2D eigenvalue weighted by atomic mass is 79.9. The molecule has 0 fully saturated rings. The summed E-state index contributed by atoms with van der Waals surface area (Å²) in [5, 5.41) is 12.1. The molecule has 1 aromatic heterocycles. The molecule has 0 spiro atoms. The molecule has 4 nitrogen and oxygen atoms in total. The molecular formula is C18H16BrN3OS2. The van der Waals surface area contributed by atoms with Crippen LogP contribution in [0.2, 0.25) is 0 Å². The molecular weight excluding hydrogens is 418 g/mol. The molecule has 0 aliphatic carbocycles. The molecule has 1 amide bonds. The van der Waals surface area contributed by atoms with Gasteiger partial charge in [0.2, 0.25) is 11.0 Å². The Hall–Kier alpha value is -1.70. The highest BCUT2D eigenvalue weighted by Crippen LogP contribution is 2.29. The van der Waals surface area contributed by atoms with Gasteiger partial charge in [0.25, 0.3) is 0 Å². The number of aryl methyl sites for hydroxylation is 1. The maximum Gasteiger partial charge on any atom is 0.239 e.